The number of fused-ring (bicyclic) bond motifs is 2. The van der Waals surface area contributed by atoms with Crippen LogP contribution in [0.25, 0.3) is 0 Å². The summed E-state index contributed by atoms with van der Waals surface area (Å²) in [6.45, 7) is 4.09. The van der Waals surface area contributed by atoms with E-state index in [1.807, 2.05) is 36.4 Å². The molecule has 148 valence electrons. The van der Waals surface area contributed by atoms with Gasteiger partial charge in [0.25, 0.3) is 11.7 Å². The molecule has 4 rings (SSSR count). The summed E-state index contributed by atoms with van der Waals surface area (Å²) in [4.78, 5) is 15.1. The van der Waals surface area contributed by atoms with Gasteiger partial charge in [0.15, 0.2) is 0 Å². The third kappa shape index (κ3) is 3.52. The largest absolute Gasteiger partial charge is 0.492 e. The summed E-state index contributed by atoms with van der Waals surface area (Å²) >= 11 is 0. The Labute approximate surface area is 166 Å². The summed E-state index contributed by atoms with van der Waals surface area (Å²) in [5.41, 5.74) is 2.92. The van der Waals surface area contributed by atoms with E-state index < -0.39 is 5.79 Å². The molecule has 1 saturated heterocycles. The van der Waals surface area contributed by atoms with E-state index in [9.17, 15) is 4.79 Å². The van der Waals surface area contributed by atoms with Gasteiger partial charge in [0.1, 0.15) is 12.4 Å². The van der Waals surface area contributed by atoms with Crippen LogP contribution in [-0.4, -0.2) is 32.3 Å². The summed E-state index contributed by atoms with van der Waals surface area (Å²) in [5, 5.41) is 0. The second-order valence-corrected chi connectivity index (χ2v) is 7.24. The van der Waals surface area contributed by atoms with Gasteiger partial charge in [-0.05, 0) is 49.1 Å². The molecule has 5 heteroatoms. The van der Waals surface area contributed by atoms with Crippen LogP contribution in [0.2, 0.25) is 0 Å². The van der Waals surface area contributed by atoms with Gasteiger partial charge in [-0.1, -0.05) is 37.6 Å². The SMILES string of the molecule is CCCCc1ccc2c(c1)C1(OCCCO1)C(=O)N2CCOc1ccccc1. The lowest BCUT2D eigenvalue weighted by Gasteiger charge is -2.32. The zero-order valence-electron chi connectivity index (χ0n) is 16.4. The molecule has 0 radical (unpaired) electrons. The third-order valence-electron chi connectivity index (χ3n) is 5.28. The van der Waals surface area contributed by atoms with Gasteiger partial charge in [-0.2, -0.15) is 0 Å². The first-order chi connectivity index (χ1) is 13.7. The number of nitrogens with zero attached hydrogens (tertiary/aromatic N) is 1. The van der Waals surface area contributed by atoms with Gasteiger partial charge in [0, 0.05) is 5.56 Å². The summed E-state index contributed by atoms with van der Waals surface area (Å²) in [6, 6.07) is 15.9. The number of para-hydroxylation sites is 1. The van der Waals surface area contributed by atoms with Gasteiger partial charge in [0.05, 0.1) is 25.4 Å². The Balaban J connectivity index is 1.57. The molecular weight excluding hydrogens is 354 g/mol. The minimum Gasteiger partial charge on any atom is -0.492 e. The summed E-state index contributed by atoms with van der Waals surface area (Å²) in [5.74, 6) is -0.640. The summed E-state index contributed by atoms with van der Waals surface area (Å²) in [7, 11) is 0. The minimum atomic E-state index is -1.29. The minimum absolute atomic E-state index is 0.147. The molecule has 0 bridgehead atoms. The predicted octanol–water partition coefficient (Wildman–Crippen LogP) is 4.04. The fourth-order valence-electron chi connectivity index (χ4n) is 3.83. The van der Waals surface area contributed by atoms with E-state index in [2.05, 4.69) is 19.1 Å². The van der Waals surface area contributed by atoms with Crippen LogP contribution in [0.3, 0.4) is 0 Å². The molecule has 28 heavy (non-hydrogen) atoms. The van der Waals surface area contributed by atoms with Crippen molar-refractivity contribution in [3.8, 4) is 5.75 Å². The van der Waals surface area contributed by atoms with Crippen molar-refractivity contribution in [1.82, 2.24) is 0 Å². The fraction of sp³-hybridized carbons (Fsp3) is 0.435. The molecule has 0 aliphatic carbocycles. The zero-order chi connectivity index (χ0) is 19.4. The lowest BCUT2D eigenvalue weighted by atomic mass is 10.00. The lowest BCUT2D eigenvalue weighted by molar-refractivity contribution is -0.256. The number of anilines is 1. The van der Waals surface area contributed by atoms with Crippen molar-refractivity contribution in [2.24, 2.45) is 0 Å². The Bertz CT molecular complexity index is 815. The Morgan fingerprint density at radius 1 is 1.11 bits per heavy atom. The highest BCUT2D eigenvalue weighted by Crippen LogP contribution is 2.45. The number of carbonyl (C=O) groups is 1. The average molecular weight is 381 g/mol. The van der Waals surface area contributed by atoms with Crippen LogP contribution >= 0.6 is 0 Å². The van der Waals surface area contributed by atoms with E-state index in [4.69, 9.17) is 14.2 Å². The fourth-order valence-corrected chi connectivity index (χ4v) is 3.83. The summed E-state index contributed by atoms with van der Waals surface area (Å²) in [6.07, 6.45) is 4.05. The number of rotatable bonds is 7. The smallest absolute Gasteiger partial charge is 0.292 e. The number of benzene rings is 2. The van der Waals surface area contributed by atoms with Gasteiger partial charge in [-0.25, -0.2) is 0 Å². The first kappa shape index (κ1) is 19.0. The average Bonchev–Trinajstić information content (AvgIpc) is 2.96. The van der Waals surface area contributed by atoms with Crippen molar-refractivity contribution in [2.45, 2.75) is 38.4 Å². The number of hydrogen-bond donors (Lipinski definition) is 0. The molecule has 0 saturated carbocycles. The number of ether oxygens (including phenoxy) is 3. The highest BCUT2D eigenvalue weighted by Gasteiger charge is 2.54. The van der Waals surface area contributed by atoms with Crippen molar-refractivity contribution in [1.29, 1.82) is 0 Å². The van der Waals surface area contributed by atoms with Crippen LogP contribution in [0.4, 0.5) is 5.69 Å². The first-order valence-electron chi connectivity index (χ1n) is 10.2. The molecule has 1 spiro atoms. The Kier molecular flexibility index (Phi) is 5.64. The van der Waals surface area contributed by atoms with E-state index in [1.54, 1.807) is 4.90 Å². The molecule has 5 nitrogen and oxygen atoms in total. The van der Waals surface area contributed by atoms with E-state index in [0.29, 0.717) is 26.4 Å². The Morgan fingerprint density at radius 3 is 2.64 bits per heavy atom. The van der Waals surface area contributed by atoms with Gasteiger partial charge in [-0.3, -0.25) is 4.79 Å². The molecule has 2 aromatic rings. The number of hydrogen-bond acceptors (Lipinski definition) is 4. The van der Waals surface area contributed by atoms with Crippen molar-refractivity contribution in [3.63, 3.8) is 0 Å². The monoisotopic (exact) mass is 381 g/mol. The molecule has 1 amide bonds. The van der Waals surface area contributed by atoms with Crippen molar-refractivity contribution >= 4 is 11.6 Å². The van der Waals surface area contributed by atoms with Gasteiger partial charge >= 0.3 is 0 Å². The molecule has 0 atom stereocenters. The molecule has 1 fully saturated rings. The maximum Gasteiger partial charge on any atom is 0.292 e. The van der Waals surface area contributed by atoms with Gasteiger partial charge in [0.2, 0.25) is 0 Å². The topological polar surface area (TPSA) is 48.0 Å². The van der Waals surface area contributed by atoms with Crippen LogP contribution in [0.5, 0.6) is 5.75 Å². The number of unbranched alkanes of at least 4 members (excludes halogenated alkanes) is 1. The van der Waals surface area contributed by atoms with Crippen LogP contribution in [-0.2, 0) is 26.5 Å². The second-order valence-electron chi connectivity index (χ2n) is 7.24. The van der Waals surface area contributed by atoms with Gasteiger partial charge in [-0.15, -0.1) is 0 Å². The molecule has 2 aliphatic heterocycles. The van der Waals surface area contributed by atoms with E-state index in [1.165, 1.54) is 5.56 Å². The number of amides is 1. The van der Waals surface area contributed by atoms with Crippen molar-refractivity contribution in [2.75, 3.05) is 31.3 Å². The molecule has 0 aromatic heterocycles. The molecule has 2 heterocycles. The maximum atomic E-state index is 13.3. The highest BCUT2D eigenvalue weighted by molar-refractivity contribution is 6.06. The van der Waals surface area contributed by atoms with Crippen LogP contribution in [0.1, 0.15) is 37.3 Å². The number of aryl methyl sites for hydroxylation is 1. The Morgan fingerprint density at radius 2 is 1.89 bits per heavy atom. The number of carbonyl (C=O) groups excluding carboxylic acids is 1. The van der Waals surface area contributed by atoms with Crippen molar-refractivity contribution in [3.05, 3.63) is 59.7 Å². The second kappa shape index (κ2) is 8.33. The molecule has 0 N–H and O–H groups in total. The van der Waals surface area contributed by atoms with Crippen LogP contribution in [0.15, 0.2) is 48.5 Å². The zero-order valence-corrected chi connectivity index (χ0v) is 16.4. The van der Waals surface area contributed by atoms with E-state index >= 15 is 0 Å². The molecule has 2 aromatic carbocycles. The van der Waals surface area contributed by atoms with E-state index in [0.717, 1.165) is 42.7 Å². The third-order valence-corrected chi connectivity index (χ3v) is 5.28. The normalized spacial score (nSPS) is 17.8. The molecule has 0 unspecified atom stereocenters. The maximum absolute atomic E-state index is 13.3. The first-order valence-corrected chi connectivity index (χ1v) is 10.2. The summed E-state index contributed by atoms with van der Waals surface area (Å²) < 4.78 is 17.7. The quantitative estimate of drug-likeness (QED) is 0.726. The standard InChI is InChI=1S/C23H27NO4/c1-2-3-8-18-11-12-21-20(17-18)23(27-14-7-15-28-23)22(25)24(21)13-16-26-19-9-5-4-6-10-19/h4-6,9-12,17H,2-3,7-8,13-16H2,1H3. The Hall–Kier alpha value is -2.37. The molecule has 2 aliphatic rings. The predicted molar refractivity (Wildman–Crippen MR) is 108 cm³/mol. The van der Waals surface area contributed by atoms with Crippen LogP contribution < -0.4 is 9.64 Å². The van der Waals surface area contributed by atoms with E-state index in [-0.39, 0.29) is 5.91 Å². The lowest BCUT2D eigenvalue weighted by Crippen LogP contribution is -2.48. The molecular formula is C23H27NO4. The van der Waals surface area contributed by atoms with Crippen molar-refractivity contribution < 1.29 is 19.0 Å². The van der Waals surface area contributed by atoms with Gasteiger partial charge < -0.3 is 19.1 Å². The van der Waals surface area contributed by atoms with Crippen LogP contribution in [0, 0.1) is 0 Å². The highest BCUT2D eigenvalue weighted by atomic mass is 16.7.